The molecule has 3 aromatic carbocycles. The Morgan fingerprint density at radius 1 is 0.969 bits per heavy atom. The summed E-state index contributed by atoms with van der Waals surface area (Å²) < 4.78 is 0. The second kappa shape index (κ2) is 8.31. The zero-order valence-electron chi connectivity index (χ0n) is 17.1. The zero-order valence-corrected chi connectivity index (χ0v) is 17.1. The molecule has 0 radical (unpaired) electrons. The topological polar surface area (TPSA) is 101 Å². The number of carboxylic acid groups (broad SMARTS) is 1. The summed E-state index contributed by atoms with van der Waals surface area (Å²) in [6.45, 7) is 1.97. The van der Waals surface area contributed by atoms with Gasteiger partial charge in [-0.1, -0.05) is 29.8 Å². The third kappa shape index (κ3) is 4.04. The summed E-state index contributed by atoms with van der Waals surface area (Å²) in [6, 6.07) is 19.8. The number of carbonyl (C=O) groups excluding carboxylic acids is 1. The van der Waals surface area contributed by atoms with Gasteiger partial charge in [0.1, 0.15) is 0 Å². The number of nitro groups is 1. The van der Waals surface area contributed by atoms with Crippen molar-refractivity contribution in [3.05, 3.63) is 117 Å². The van der Waals surface area contributed by atoms with Crippen LogP contribution in [0.3, 0.4) is 0 Å². The number of carboxylic acids is 1. The molecule has 1 amide bonds. The van der Waals surface area contributed by atoms with Crippen LogP contribution in [0.5, 0.6) is 0 Å². The normalized spacial score (nSPS) is 14.5. The van der Waals surface area contributed by atoms with Crippen LogP contribution < -0.4 is 4.90 Å². The third-order valence-corrected chi connectivity index (χ3v) is 5.13. The Hall–Kier alpha value is -4.52. The molecule has 1 aliphatic rings. The lowest BCUT2D eigenvalue weighted by atomic mass is 10.1. The maximum absolute atomic E-state index is 13.3. The van der Waals surface area contributed by atoms with Crippen LogP contribution >= 0.6 is 0 Å². The second-order valence-corrected chi connectivity index (χ2v) is 7.34. The number of non-ortho nitro benzene ring substituents is 1. The molecule has 1 N–H and O–H groups in total. The van der Waals surface area contributed by atoms with E-state index in [2.05, 4.69) is 0 Å². The SMILES string of the molecule is Cc1ccc(C2=C/C(=C\c3ccc([N+](=O)[O-])cc3)C(=O)N2c2ccc(C(=O)O)cc2)cc1. The summed E-state index contributed by atoms with van der Waals surface area (Å²) in [5, 5.41) is 20.0. The predicted octanol–water partition coefficient (Wildman–Crippen LogP) is 5.07. The number of hydrogen-bond donors (Lipinski definition) is 1. The maximum Gasteiger partial charge on any atom is 0.335 e. The highest BCUT2D eigenvalue weighted by Crippen LogP contribution is 2.35. The van der Waals surface area contributed by atoms with E-state index < -0.39 is 10.9 Å². The van der Waals surface area contributed by atoms with Gasteiger partial charge in [-0.25, -0.2) is 4.79 Å². The molecule has 0 bridgehead atoms. The summed E-state index contributed by atoms with van der Waals surface area (Å²) >= 11 is 0. The largest absolute Gasteiger partial charge is 0.478 e. The fraction of sp³-hybridized carbons (Fsp3) is 0.0400. The molecule has 0 fully saturated rings. The van der Waals surface area contributed by atoms with Gasteiger partial charge < -0.3 is 5.11 Å². The van der Waals surface area contributed by atoms with Crippen LogP contribution in [0.1, 0.15) is 27.0 Å². The average Bonchev–Trinajstić information content (AvgIpc) is 3.10. The van der Waals surface area contributed by atoms with Gasteiger partial charge in [0.2, 0.25) is 0 Å². The van der Waals surface area contributed by atoms with E-state index in [-0.39, 0.29) is 17.2 Å². The van der Waals surface area contributed by atoms with E-state index in [1.165, 1.54) is 29.2 Å². The molecule has 1 aliphatic heterocycles. The van der Waals surface area contributed by atoms with Crippen LogP contribution in [-0.4, -0.2) is 21.9 Å². The molecule has 1 heterocycles. The van der Waals surface area contributed by atoms with E-state index in [9.17, 15) is 19.7 Å². The number of hydrogen-bond acceptors (Lipinski definition) is 4. The Morgan fingerprint density at radius 3 is 2.16 bits per heavy atom. The number of aryl methyl sites for hydroxylation is 1. The lowest BCUT2D eigenvalue weighted by Gasteiger charge is -2.21. The van der Waals surface area contributed by atoms with Crippen molar-refractivity contribution in [2.45, 2.75) is 6.92 Å². The number of anilines is 1. The lowest BCUT2D eigenvalue weighted by molar-refractivity contribution is -0.384. The highest BCUT2D eigenvalue weighted by atomic mass is 16.6. The van der Waals surface area contributed by atoms with Crippen LogP contribution in [0.4, 0.5) is 11.4 Å². The first-order chi connectivity index (χ1) is 15.3. The van der Waals surface area contributed by atoms with Crippen LogP contribution in [0, 0.1) is 17.0 Å². The number of rotatable bonds is 5. The minimum absolute atomic E-state index is 0.0269. The van der Waals surface area contributed by atoms with Gasteiger partial charge >= 0.3 is 5.97 Å². The molecule has 7 heteroatoms. The van der Waals surface area contributed by atoms with E-state index >= 15 is 0 Å². The van der Waals surface area contributed by atoms with Crippen molar-refractivity contribution in [2.75, 3.05) is 4.90 Å². The third-order valence-electron chi connectivity index (χ3n) is 5.13. The van der Waals surface area contributed by atoms with E-state index in [1.807, 2.05) is 31.2 Å². The second-order valence-electron chi connectivity index (χ2n) is 7.34. The molecule has 158 valence electrons. The molecule has 0 unspecified atom stereocenters. The molecule has 4 rings (SSSR count). The van der Waals surface area contributed by atoms with Crippen LogP contribution in [0.15, 0.2) is 84.4 Å². The van der Waals surface area contributed by atoms with Crippen LogP contribution in [0.2, 0.25) is 0 Å². The fourth-order valence-corrected chi connectivity index (χ4v) is 3.43. The minimum Gasteiger partial charge on any atom is -0.478 e. The number of amides is 1. The highest BCUT2D eigenvalue weighted by Gasteiger charge is 2.30. The standard InChI is InChI=1S/C25H18N2O5/c1-16-2-6-18(7-3-16)23-15-20(14-17-4-10-22(11-5-17)27(31)32)24(28)26(23)21-12-8-19(9-13-21)25(29)30/h2-15H,1H3,(H,29,30)/b20-14+. The molecule has 32 heavy (non-hydrogen) atoms. The van der Waals surface area contributed by atoms with Crippen LogP contribution in [0.25, 0.3) is 11.8 Å². The number of carbonyl (C=O) groups is 2. The van der Waals surface area contributed by atoms with Crippen molar-refractivity contribution < 1.29 is 19.6 Å². The number of nitro benzene ring substituents is 1. The fourth-order valence-electron chi connectivity index (χ4n) is 3.43. The zero-order chi connectivity index (χ0) is 22.8. The van der Waals surface area contributed by atoms with Crippen molar-refractivity contribution in [1.29, 1.82) is 0 Å². The number of nitrogens with zero attached hydrogens (tertiary/aromatic N) is 2. The Morgan fingerprint density at radius 2 is 1.59 bits per heavy atom. The molecule has 0 atom stereocenters. The van der Waals surface area contributed by atoms with Crippen molar-refractivity contribution in [2.24, 2.45) is 0 Å². The molecule has 3 aromatic rings. The molecule has 7 nitrogen and oxygen atoms in total. The van der Waals surface area contributed by atoms with Gasteiger partial charge in [0.15, 0.2) is 0 Å². The van der Waals surface area contributed by atoms with Crippen molar-refractivity contribution in [3.63, 3.8) is 0 Å². The first-order valence-electron chi connectivity index (χ1n) is 9.76. The summed E-state index contributed by atoms with van der Waals surface area (Å²) in [5.74, 6) is -1.32. The average molecular weight is 426 g/mol. The Labute approximate surface area is 183 Å². The molecule has 0 aliphatic carbocycles. The highest BCUT2D eigenvalue weighted by molar-refractivity contribution is 6.23. The van der Waals surface area contributed by atoms with Gasteiger partial charge in [0.25, 0.3) is 11.6 Å². The molecule has 0 saturated carbocycles. The Kier molecular flexibility index (Phi) is 5.39. The number of benzene rings is 3. The first-order valence-corrected chi connectivity index (χ1v) is 9.76. The smallest absolute Gasteiger partial charge is 0.335 e. The molecular formula is C25H18N2O5. The molecular weight excluding hydrogens is 408 g/mol. The predicted molar refractivity (Wildman–Crippen MR) is 121 cm³/mol. The monoisotopic (exact) mass is 426 g/mol. The lowest BCUT2D eigenvalue weighted by Crippen LogP contribution is -2.25. The summed E-state index contributed by atoms with van der Waals surface area (Å²) in [4.78, 5) is 36.5. The van der Waals surface area contributed by atoms with E-state index in [4.69, 9.17) is 5.11 Å². The molecule has 0 aromatic heterocycles. The molecule has 0 saturated heterocycles. The van der Waals surface area contributed by atoms with Gasteiger partial charge in [-0.3, -0.25) is 19.8 Å². The van der Waals surface area contributed by atoms with Crippen LogP contribution in [-0.2, 0) is 4.79 Å². The minimum atomic E-state index is -1.04. The summed E-state index contributed by atoms with van der Waals surface area (Å²) in [6.07, 6.45) is 3.44. The quantitative estimate of drug-likeness (QED) is 0.349. The van der Waals surface area contributed by atoms with E-state index in [0.717, 1.165) is 11.1 Å². The van der Waals surface area contributed by atoms with Gasteiger partial charge in [-0.2, -0.15) is 0 Å². The van der Waals surface area contributed by atoms with Gasteiger partial charge in [-0.05, 0) is 66.6 Å². The van der Waals surface area contributed by atoms with Crippen molar-refractivity contribution >= 4 is 35.0 Å². The van der Waals surface area contributed by atoms with Gasteiger partial charge in [0.05, 0.1) is 16.2 Å². The van der Waals surface area contributed by atoms with Gasteiger partial charge in [-0.15, -0.1) is 0 Å². The summed E-state index contributed by atoms with van der Waals surface area (Å²) in [5.41, 5.74) is 4.28. The maximum atomic E-state index is 13.3. The van der Waals surface area contributed by atoms with Crippen molar-refractivity contribution in [1.82, 2.24) is 0 Å². The summed E-state index contributed by atoms with van der Waals surface area (Å²) in [7, 11) is 0. The first kappa shape index (κ1) is 20.7. The van der Waals surface area contributed by atoms with E-state index in [1.54, 1.807) is 36.4 Å². The van der Waals surface area contributed by atoms with Crippen molar-refractivity contribution in [3.8, 4) is 0 Å². The molecule has 0 spiro atoms. The van der Waals surface area contributed by atoms with E-state index in [0.29, 0.717) is 22.5 Å². The van der Waals surface area contributed by atoms with Gasteiger partial charge in [0, 0.05) is 23.4 Å². The Balaban J connectivity index is 1.77. The number of aromatic carboxylic acids is 1. The Bertz CT molecular complexity index is 1270.